The van der Waals surface area contributed by atoms with Gasteiger partial charge in [-0.15, -0.1) is 0 Å². The third kappa shape index (κ3) is 3.67. The molecule has 0 radical (unpaired) electrons. The van der Waals surface area contributed by atoms with E-state index in [1.165, 1.54) is 38.9 Å². The Morgan fingerprint density at radius 1 is 1.35 bits per heavy atom. The maximum absolute atomic E-state index is 5.69. The quantitative estimate of drug-likeness (QED) is 0.812. The first-order valence-electron chi connectivity index (χ1n) is 7.26. The van der Waals surface area contributed by atoms with Crippen LogP contribution >= 0.6 is 0 Å². The summed E-state index contributed by atoms with van der Waals surface area (Å²) in [6.07, 6.45) is 4.41. The van der Waals surface area contributed by atoms with Gasteiger partial charge in [0.15, 0.2) is 0 Å². The third-order valence-electron chi connectivity index (χ3n) is 4.17. The normalized spacial score (nSPS) is 35.6. The van der Waals surface area contributed by atoms with E-state index < -0.39 is 0 Å². The third-order valence-corrected chi connectivity index (χ3v) is 4.17. The fourth-order valence-corrected chi connectivity index (χ4v) is 3.17. The van der Waals surface area contributed by atoms with Gasteiger partial charge in [0.25, 0.3) is 0 Å². The average molecular weight is 240 g/mol. The lowest BCUT2D eigenvalue weighted by molar-refractivity contribution is 0.0527. The number of rotatable bonds is 4. The summed E-state index contributed by atoms with van der Waals surface area (Å²) in [4.78, 5) is 2.67. The van der Waals surface area contributed by atoms with Gasteiger partial charge in [-0.3, -0.25) is 4.90 Å². The standard InChI is InChI=1S/C14H28N2O/c1-11(2)15-9-13-5-4-7-16(10-13)14-6-8-17-12(14)3/h11-15H,4-10H2,1-3H3. The number of piperidine rings is 1. The van der Waals surface area contributed by atoms with Crippen LogP contribution in [0.15, 0.2) is 0 Å². The summed E-state index contributed by atoms with van der Waals surface area (Å²) in [7, 11) is 0. The van der Waals surface area contributed by atoms with Gasteiger partial charge >= 0.3 is 0 Å². The van der Waals surface area contributed by atoms with Crippen molar-refractivity contribution in [1.82, 2.24) is 10.2 Å². The van der Waals surface area contributed by atoms with Crippen molar-refractivity contribution in [1.29, 1.82) is 0 Å². The number of nitrogens with zero attached hydrogens (tertiary/aromatic N) is 1. The van der Waals surface area contributed by atoms with Crippen LogP contribution in [0.5, 0.6) is 0 Å². The summed E-state index contributed by atoms with van der Waals surface area (Å²) in [6.45, 7) is 11.4. The lowest BCUT2D eigenvalue weighted by atomic mass is 9.95. The fraction of sp³-hybridized carbons (Fsp3) is 1.00. The van der Waals surface area contributed by atoms with Gasteiger partial charge in [-0.2, -0.15) is 0 Å². The maximum atomic E-state index is 5.69. The van der Waals surface area contributed by atoms with Gasteiger partial charge < -0.3 is 10.1 Å². The van der Waals surface area contributed by atoms with E-state index in [9.17, 15) is 0 Å². The first-order valence-corrected chi connectivity index (χ1v) is 7.26. The van der Waals surface area contributed by atoms with Gasteiger partial charge in [0.05, 0.1) is 6.10 Å². The molecular formula is C14H28N2O. The van der Waals surface area contributed by atoms with Crippen molar-refractivity contribution in [2.45, 2.75) is 58.2 Å². The number of ether oxygens (including phenoxy) is 1. The number of hydrogen-bond acceptors (Lipinski definition) is 3. The highest BCUT2D eigenvalue weighted by Gasteiger charge is 2.32. The van der Waals surface area contributed by atoms with Crippen molar-refractivity contribution in [3.05, 3.63) is 0 Å². The molecule has 0 aromatic heterocycles. The minimum atomic E-state index is 0.437. The highest BCUT2D eigenvalue weighted by Crippen LogP contribution is 2.25. The van der Waals surface area contributed by atoms with Crippen molar-refractivity contribution in [3.8, 4) is 0 Å². The molecule has 2 aliphatic rings. The molecule has 0 aromatic rings. The van der Waals surface area contributed by atoms with E-state index in [-0.39, 0.29) is 0 Å². The first kappa shape index (κ1) is 13.3. The summed E-state index contributed by atoms with van der Waals surface area (Å²) in [5, 5.41) is 3.58. The van der Waals surface area contributed by atoms with Crippen LogP contribution in [-0.2, 0) is 4.74 Å². The highest BCUT2D eigenvalue weighted by atomic mass is 16.5. The Bertz CT molecular complexity index is 232. The van der Waals surface area contributed by atoms with E-state index >= 15 is 0 Å². The summed E-state index contributed by atoms with van der Waals surface area (Å²) < 4.78 is 5.69. The molecule has 0 bridgehead atoms. The van der Waals surface area contributed by atoms with Crippen LogP contribution < -0.4 is 5.32 Å². The molecule has 0 aromatic carbocycles. The number of nitrogens with one attached hydrogen (secondary N) is 1. The van der Waals surface area contributed by atoms with Crippen molar-refractivity contribution in [3.63, 3.8) is 0 Å². The van der Waals surface area contributed by atoms with Crippen LogP contribution in [0.3, 0.4) is 0 Å². The molecule has 2 saturated heterocycles. The SMILES string of the molecule is CC(C)NCC1CCCN(C2CCOC2C)C1. The summed E-state index contributed by atoms with van der Waals surface area (Å²) in [6, 6.07) is 1.29. The van der Waals surface area contributed by atoms with Crippen LogP contribution in [0.1, 0.15) is 40.0 Å². The molecule has 3 nitrogen and oxygen atoms in total. The van der Waals surface area contributed by atoms with Crippen molar-refractivity contribution < 1.29 is 4.74 Å². The molecule has 2 heterocycles. The van der Waals surface area contributed by atoms with E-state index in [1.54, 1.807) is 0 Å². The lowest BCUT2D eigenvalue weighted by Crippen LogP contribution is -2.47. The summed E-state index contributed by atoms with van der Waals surface area (Å²) in [5.74, 6) is 0.832. The Labute approximate surface area is 106 Å². The molecule has 2 rings (SSSR count). The Morgan fingerprint density at radius 2 is 2.18 bits per heavy atom. The minimum absolute atomic E-state index is 0.437. The maximum Gasteiger partial charge on any atom is 0.0703 e. The molecule has 2 fully saturated rings. The van der Waals surface area contributed by atoms with Crippen molar-refractivity contribution in [2.24, 2.45) is 5.92 Å². The topological polar surface area (TPSA) is 24.5 Å². The van der Waals surface area contributed by atoms with E-state index in [2.05, 4.69) is 31.0 Å². The average Bonchev–Trinajstić information content (AvgIpc) is 2.73. The molecular weight excluding hydrogens is 212 g/mol. The Balaban J connectivity index is 1.80. The summed E-state index contributed by atoms with van der Waals surface area (Å²) >= 11 is 0. The highest BCUT2D eigenvalue weighted by molar-refractivity contribution is 4.86. The molecule has 0 aliphatic carbocycles. The van der Waals surface area contributed by atoms with E-state index in [1.807, 2.05) is 0 Å². The first-order chi connectivity index (χ1) is 8.16. The molecule has 3 heteroatoms. The van der Waals surface area contributed by atoms with E-state index in [0.29, 0.717) is 18.2 Å². The second kappa shape index (κ2) is 6.17. The van der Waals surface area contributed by atoms with Crippen LogP contribution in [0.4, 0.5) is 0 Å². The Kier molecular flexibility index (Phi) is 4.83. The number of likely N-dealkylation sites (tertiary alicyclic amines) is 1. The molecule has 2 aliphatic heterocycles. The lowest BCUT2D eigenvalue weighted by Gasteiger charge is -2.38. The molecule has 3 atom stereocenters. The number of hydrogen-bond donors (Lipinski definition) is 1. The molecule has 1 N–H and O–H groups in total. The monoisotopic (exact) mass is 240 g/mol. The van der Waals surface area contributed by atoms with Gasteiger partial charge in [0.2, 0.25) is 0 Å². The van der Waals surface area contributed by atoms with Gasteiger partial charge in [0.1, 0.15) is 0 Å². The fourth-order valence-electron chi connectivity index (χ4n) is 3.17. The molecule has 0 amide bonds. The van der Waals surface area contributed by atoms with Gasteiger partial charge in [-0.25, -0.2) is 0 Å². The molecule has 100 valence electrons. The zero-order valence-electron chi connectivity index (χ0n) is 11.6. The largest absolute Gasteiger partial charge is 0.377 e. The second-order valence-corrected chi connectivity index (χ2v) is 6.00. The molecule has 0 spiro atoms. The van der Waals surface area contributed by atoms with Crippen LogP contribution in [-0.4, -0.2) is 49.3 Å². The smallest absolute Gasteiger partial charge is 0.0703 e. The predicted molar refractivity (Wildman–Crippen MR) is 71.3 cm³/mol. The van der Waals surface area contributed by atoms with Crippen LogP contribution in [0.2, 0.25) is 0 Å². The van der Waals surface area contributed by atoms with Crippen LogP contribution in [0.25, 0.3) is 0 Å². The van der Waals surface area contributed by atoms with E-state index in [0.717, 1.165) is 12.5 Å². The minimum Gasteiger partial charge on any atom is -0.377 e. The Morgan fingerprint density at radius 3 is 2.82 bits per heavy atom. The zero-order valence-corrected chi connectivity index (χ0v) is 11.6. The second-order valence-electron chi connectivity index (χ2n) is 6.00. The zero-order chi connectivity index (χ0) is 12.3. The van der Waals surface area contributed by atoms with Crippen LogP contribution in [0, 0.1) is 5.92 Å². The molecule has 0 saturated carbocycles. The summed E-state index contributed by atoms with van der Waals surface area (Å²) in [5.41, 5.74) is 0. The molecule has 3 unspecified atom stereocenters. The Hall–Kier alpha value is -0.120. The predicted octanol–water partition coefficient (Wildman–Crippen LogP) is 1.87. The van der Waals surface area contributed by atoms with Gasteiger partial charge in [-0.05, 0) is 45.2 Å². The molecule has 17 heavy (non-hydrogen) atoms. The van der Waals surface area contributed by atoms with Crippen molar-refractivity contribution >= 4 is 0 Å². The van der Waals surface area contributed by atoms with Gasteiger partial charge in [0, 0.05) is 25.2 Å². The van der Waals surface area contributed by atoms with Gasteiger partial charge in [-0.1, -0.05) is 13.8 Å². The van der Waals surface area contributed by atoms with E-state index in [4.69, 9.17) is 4.74 Å². The van der Waals surface area contributed by atoms with Crippen molar-refractivity contribution in [2.75, 3.05) is 26.2 Å².